The summed E-state index contributed by atoms with van der Waals surface area (Å²) in [6.07, 6.45) is 2.65. The van der Waals surface area contributed by atoms with Gasteiger partial charge in [0.25, 0.3) is 0 Å². The van der Waals surface area contributed by atoms with E-state index in [0.29, 0.717) is 11.9 Å². The van der Waals surface area contributed by atoms with Crippen molar-refractivity contribution in [3.05, 3.63) is 11.4 Å². The van der Waals surface area contributed by atoms with Crippen LogP contribution in [0.4, 0.5) is 11.6 Å². The number of aromatic nitrogens is 2. The predicted molar refractivity (Wildman–Crippen MR) is 84.0 cm³/mol. The van der Waals surface area contributed by atoms with Gasteiger partial charge in [0.05, 0.1) is 0 Å². The molecule has 5 nitrogen and oxygen atoms in total. The first-order valence-corrected chi connectivity index (χ1v) is 7.60. The molecule has 1 aromatic rings. The van der Waals surface area contributed by atoms with Gasteiger partial charge >= 0.3 is 0 Å². The lowest BCUT2D eigenvalue weighted by Crippen LogP contribution is -2.33. The van der Waals surface area contributed by atoms with Gasteiger partial charge in [0.2, 0.25) is 0 Å². The Balaban J connectivity index is 2.07. The zero-order valence-corrected chi connectivity index (χ0v) is 13.1. The molecule has 1 aliphatic heterocycles. The molecule has 0 aromatic carbocycles. The molecule has 1 aromatic heterocycles. The number of nitrogens with two attached hydrogens (primary N) is 1. The van der Waals surface area contributed by atoms with Gasteiger partial charge in [-0.1, -0.05) is 13.8 Å². The summed E-state index contributed by atoms with van der Waals surface area (Å²) in [5, 5.41) is 3.50. The Labute approximate surface area is 122 Å². The fourth-order valence-corrected chi connectivity index (χ4v) is 2.58. The van der Waals surface area contributed by atoms with E-state index in [4.69, 9.17) is 5.73 Å². The summed E-state index contributed by atoms with van der Waals surface area (Å²) in [7, 11) is 0. The van der Waals surface area contributed by atoms with Gasteiger partial charge in [0.1, 0.15) is 17.5 Å². The van der Waals surface area contributed by atoms with E-state index < -0.39 is 0 Å². The molecule has 0 saturated carbocycles. The van der Waals surface area contributed by atoms with E-state index in [2.05, 4.69) is 41.0 Å². The number of rotatable bonds is 5. The van der Waals surface area contributed by atoms with Crippen molar-refractivity contribution < 1.29 is 0 Å². The highest BCUT2D eigenvalue weighted by Gasteiger charge is 2.17. The van der Waals surface area contributed by atoms with Crippen LogP contribution in [0.2, 0.25) is 0 Å². The number of hydrogen-bond donors (Lipinski definition) is 2. The average Bonchev–Trinajstić information content (AvgIpc) is 2.87. The Morgan fingerprint density at radius 2 is 1.85 bits per heavy atom. The molecule has 112 valence electrons. The molecule has 20 heavy (non-hydrogen) atoms. The third-order valence-corrected chi connectivity index (χ3v) is 3.83. The number of likely N-dealkylation sites (tertiary alicyclic amines) is 1. The van der Waals surface area contributed by atoms with Gasteiger partial charge in [-0.15, -0.1) is 0 Å². The number of nitrogen functional groups attached to an aromatic ring is 1. The van der Waals surface area contributed by atoms with Gasteiger partial charge in [-0.05, 0) is 39.8 Å². The van der Waals surface area contributed by atoms with Crippen LogP contribution in [0, 0.1) is 6.92 Å². The maximum absolute atomic E-state index is 6.00. The Morgan fingerprint density at radius 3 is 2.45 bits per heavy atom. The van der Waals surface area contributed by atoms with Gasteiger partial charge in [-0.3, -0.25) is 0 Å². The van der Waals surface area contributed by atoms with Gasteiger partial charge in [-0.2, -0.15) is 0 Å². The summed E-state index contributed by atoms with van der Waals surface area (Å²) in [5.41, 5.74) is 6.94. The zero-order valence-electron chi connectivity index (χ0n) is 13.1. The van der Waals surface area contributed by atoms with Crippen LogP contribution in [-0.2, 0) is 0 Å². The first-order valence-electron chi connectivity index (χ1n) is 7.60. The van der Waals surface area contributed by atoms with Crippen LogP contribution in [0.25, 0.3) is 0 Å². The second-order valence-corrected chi connectivity index (χ2v) is 6.15. The van der Waals surface area contributed by atoms with Crippen LogP contribution in [0.1, 0.15) is 50.9 Å². The van der Waals surface area contributed by atoms with Crippen molar-refractivity contribution in [2.75, 3.05) is 30.7 Å². The van der Waals surface area contributed by atoms with Crippen LogP contribution in [-0.4, -0.2) is 40.5 Å². The number of nitrogens with zero attached hydrogens (tertiary/aromatic N) is 3. The molecule has 2 heterocycles. The average molecular weight is 277 g/mol. The molecule has 2 rings (SSSR count). The molecule has 0 radical (unpaired) electrons. The Bertz CT molecular complexity index is 452. The second-order valence-electron chi connectivity index (χ2n) is 6.15. The molecule has 0 bridgehead atoms. The minimum atomic E-state index is 0.285. The highest BCUT2D eigenvalue weighted by atomic mass is 15.2. The molecule has 1 aliphatic rings. The van der Waals surface area contributed by atoms with Gasteiger partial charge in [0, 0.05) is 24.1 Å². The van der Waals surface area contributed by atoms with Gasteiger partial charge in [-0.25, -0.2) is 9.97 Å². The van der Waals surface area contributed by atoms with Crippen molar-refractivity contribution in [2.45, 2.75) is 52.5 Å². The summed E-state index contributed by atoms with van der Waals surface area (Å²) in [4.78, 5) is 11.5. The topological polar surface area (TPSA) is 67.1 Å². The maximum atomic E-state index is 6.00. The fraction of sp³-hybridized carbons (Fsp3) is 0.733. The lowest BCUT2D eigenvalue weighted by Gasteiger charge is -2.23. The summed E-state index contributed by atoms with van der Waals surface area (Å²) >= 11 is 0. The van der Waals surface area contributed by atoms with E-state index in [0.717, 1.165) is 23.8 Å². The number of nitrogens with one attached hydrogen (secondary N) is 1. The molecule has 1 unspecified atom stereocenters. The van der Waals surface area contributed by atoms with E-state index in [1.54, 1.807) is 0 Å². The lowest BCUT2D eigenvalue weighted by molar-refractivity contribution is 0.327. The first kappa shape index (κ1) is 15.0. The largest absolute Gasteiger partial charge is 0.383 e. The molecule has 0 amide bonds. The second kappa shape index (κ2) is 6.39. The normalized spacial score (nSPS) is 17.6. The van der Waals surface area contributed by atoms with Crippen LogP contribution >= 0.6 is 0 Å². The minimum absolute atomic E-state index is 0.285. The van der Waals surface area contributed by atoms with Crippen molar-refractivity contribution in [3.63, 3.8) is 0 Å². The summed E-state index contributed by atoms with van der Waals surface area (Å²) in [6, 6.07) is 0.362. The highest BCUT2D eigenvalue weighted by molar-refractivity contribution is 5.55. The zero-order chi connectivity index (χ0) is 14.7. The van der Waals surface area contributed by atoms with Crippen molar-refractivity contribution in [3.8, 4) is 0 Å². The Kier molecular flexibility index (Phi) is 4.81. The quantitative estimate of drug-likeness (QED) is 0.865. The molecule has 1 fully saturated rings. The highest BCUT2D eigenvalue weighted by Crippen LogP contribution is 2.21. The van der Waals surface area contributed by atoms with Crippen LogP contribution in [0.15, 0.2) is 0 Å². The van der Waals surface area contributed by atoms with Crippen LogP contribution in [0.3, 0.4) is 0 Å². The summed E-state index contributed by atoms with van der Waals surface area (Å²) < 4.78 is 0. The Morgan fingerprint density at radius 1 is 1.20 bits per heavy atom. The van der Waals surface area contributed by atoms with Crippen molar-refractivity contribution in [1.82, 2.24) is 14.9 Å². The van der Waals surface area contributed by atoms with Crippen molar-refractivity contribution >= 4 is 11.6 Å². The van der Waals surface area contributed by atoms with Gasteiger partial charge < -0.3 is 16.0 Å². The molecule has 0 aliphatic carbocycles. The van der Waals surface area contributed by atoms with Crippen molar-refractivity contribution in [1.29, 1.82) is 0 Å². The van der Waals surface area contributed by atoms with E-state index in [9.17, 15) is 0 Å². The van der Waals surface area contributed by atoms with E-state index in [1.807, 2.05) is 6.92 Å². The number of anilines is 2. The standard InChI is InChI=1S/C15H27N5/c1-10(2)14-18-13(16)12(4)15(19-14)17-11(3)9-20-7-5-6-8-20/h10-11H,5-9H2,1-4H3,(H3,16,17,18,19). The summed E-state index contributed by atoms with van der Waals surface area (Å²) in [5.74, 6) is 2.56. The van der Waals surface area contributed by atoms with Crippen LogP contribution < -0.4 is 11.1 Å². The SMILES string of the molecule is Cc1c(N)nc(C(C)C)nc1NC(C)CN1CCCC1. The molecule has 1 atom stereocenters. The number of hydrogen-bond acceptors (Lipinski definition) is 5. The molecular weight excluding hydrogens is 250 g/mol. The van der Waals surface area contributed by atoms with E-state index >= 15 is 0 Å². The van der Waals surface area contributed by atoms with E-state index in [-0.39, 0.29) is 5.92 Å². The van der Waals surface area contributed by atoms with Crippen LogP contribution in [0.5, 0.6) is 0 Å². The molecule has 3 N–H and O–H groups in total. The molecule has 0 spiro atoms. The predicted octanol–water partition coefficient (Wildman–Crippen LogP) is 2.39. The van der Waals surface area contributed by atoms with Crippen molar-refractivity contribution in [2.24, 2.45) is 0 Å². The monoisotopic (exact) mass is 277 g/mol. The Hall–Kier alpha value is -1.36. The lowest BCUT2D eigenvalue weighted by atomic mass is 10.2. The fourth-order valence-electron chi connectivity index (χ4n) is 2.58. The van der Waals surface area contributed by atoms with E-state index in [1.165, 1.54) is 25.9 Å². The smallest absolute Gasteiger partial charge is 0.135 e. The van der Waals surface area contributed by atoms with Gasteiger partial charge in [0.15, 0.2) is 0 Å². The maximum Gasteiger partial charge on any atom is 0.135 e. The first-order chi connectivity index (χ1) is 9.47. The summed E-state index contributed by atoms with van der Waals surface area (Å²) in [6.45, 7) is 11.8. The third kappa shape index (κ3) is 3.60. The molecule has 1 saturated heterocycles. The molecular formula is C15H27N5. The third-order valence-electron chi connectivity index (χ3n) is 3.83. The molecule has 5 heteroatoms. The minimum Gasteiger partial charge on any atom is -0.383 e.